The van der Waals surface area contributed by atoms with E-state index in [0.29, 0.717) is 0 Å². The Balaban J connectivity index is 1.77. The Morgan fingerprint density at radius 3 is 2.35 bits per heavy atom. The number of fused-ring (bicyclic) bond motifs is 4. The van der Waals surface area contributed by atoms with Gasteiger partial charge in [0, 0.05) is 0 Å². The van der Waals surface area contributed by atoms with Crippen molar-refractivity contribution in [3.63, 3.8) is 0 Å². The second-order valence-corrected chi connectivity index (χ2v) is 7.93. The van der Waals surface area contributed by atoms with E-state index in [4.69, 9.17) is 0 Å². The smallest absolute Gasteiger partial charge is 0.00988 e. The zero-order valence-electron chi connectivity index (χ0n) is 15.5. The molecular formula is C26H24. The van der Waals surface area contributed by atoms with Crippen LogP contribution in [-0.4, -0.2) is 0 Å². The van der Waals surface area contributed by atoms with Gasteiger partial charge in [-0.3, -0.25) is 0 Å². The summed E-state index contributed by atoms with van der Waals surface area (Å²) < 4.78 is 0. The average Bonchev–Trinajstić information content (AvgIpc) is 2.60. The molecule has 0 aromatic heterocycles. The van der Waals surface area contributed by atoms with Gasteiger partial charge < -0.3 is 0 Å². The summed E-state index contributed by atoms with van der Waals surface area (Å²) in [5.41, 5.74) is 4.07. The van der Waals surface area contributed by atoms with Crippen LogP contribution in [-0.2, 0) is 0 Å². The lowest BCUT2D eigenvalue weighted by Crippen LogP contribution is -2.06. The fourth-order valence-electron chi connectivity index (χ4n) is 4.22. The van der Waals surface area contributed by atoms with E-state index in [1.807, 2.05) is 0 Å². The molecule has 0 atom stereocenters. The summed E-state index contributed by atoms with van der Waals surface area (Å²) in [7, 11) is 0. The topological polar surface area (TPSA) is 0 Å². The Morgan fingerprint density at radius 2 is 1.54 bits per heavy atom. The summed E-state index contributed by atoms with van der Waals surface area (Å²) in [5, 5.41) is 8.08. The molecule has 0 unspecified atom stereocenters. The van der Waals surface area contributed by atoms with Crippen molar-refractivity contribution < 1.29 is 0 Å². The Hall–Kier alpha value is -2.60. The lowest BCUT2D eigenvalue weighted by molar-refractivity contribution is 0.389. The van der Waals surface area contributed by atoms with Crippen molar-refractivity contribution in [3.8, 4) is 0 Å². The summed E-state index contributed by atoms with van der Waals surface area (Å²) >= 11 is 0. The summed E-state index contributed by atoms with van der Waals surface area (Å²) in [6.45, 7) is 4.40. The molecule has 1 aliphatic carbocycles. The molecule has 5 rings (SSSR count). The van der Waals surface area contributed by atoms with Crippen LogP contribution in [0.1, 0.15) is 36.0 Å². The Labute approximate surface area is 155 Å². The summed E-state index contributed by atoms with van der Waals surface area (Å²) in [6.07, 6.45) is 8.90. The molecule has 0 aliphatic heterocycles. The van der Waals surface area contributed by atoms with Crippen molar-refractivity contribution in [3.05, 3.63) is 77.4 Å². The second-order valence-electron chi connectivity index (χ2n) is 7.93. The number of hydrogen-bond acceptors (Lipinski definition) is 0. The SMILES string of the molecule is Cc1ccc2cc3ccc4c(/C=C\C5CCC5)c(C)ccc4c3cc2c1. The molecule has 0 saturated heterocycles. The highest BCUT2D eigenvalue weighted by atomic mass is 14.2. The predicted molar refractivity (Wildman–Crippen MR) is 115 cm³/mol. The van der Waals surface area contributed by atoms with E-state index in [1.54, 1.807) is 0 Å². The number of benzene rings is 4. The maximum atomic E-state index is 2.43. The molecule has 0 nitrogen and oxygen atoms in total. The molecule has 4 aromatic rings. The molecule has 0 radical (unpaired) electrons. The fourth-order valence-corrected chi connectivity index (χ4v) is 4.22. The summed E-state index contributed by atoms with van der Waals surface area (Å²) in [4.78, 5) is 0. The largest absolute Gasteiger partial charge is 0.0808 e. The first-order valence-electron chi connectivity index (χ1n) is 9.74. The lowest BCUT2D eigenvalue weighted by atomic mass is 9.84. The van der Waals surface area contributed by atoms with E-state index in [0.717, 1.165) is 5.92 Å². The van der Waals surface area contributed by atoms with Gasteiger partial charge in [-0.1, -0.05) is 66.6 Å². The molecule has 1 fully saturated rings. The molecule has 0 amide bonds. The van der Waals surface area contributed by atoms with E-state index in [2.05, 4.69) is 80.6 Å². The molecule has 0 heteroatoms. The molecule has 0 N–H and O–H groups in total. The molecule has 128 valence electrons. The van der Waals surface area contributed by atoms with Crippen molar-refractivity contribution >= 4 is 38.4 Å². The lowest BCUT2D eigenvalue weighted by Gasteiger charge is -2.21. The average molecular weight is 336 g/mol. The summed E-state index contributed by atoms with van der Waals surface area (Å²) in [5.74, 6) is 0.789. The van der Waals surface area contributed by atoms with Crippen LogP contribution in [0, 0.1) is 19.8 Å². The zero-order valence-corrected chi connectivity index (χ0v) is 15.5. The number of rotatable bonds is 2. The highest BCUT2D eigenvalue weighted by molar-refractivity contribution is 6.14. The predicted octanol–water partition coefficient (Wildman–Crippen LogP) is 7.58. The van der Waals surface area contributed by atoms with Crippen LogP contribution in [0.4, 0.5) is 0 Å². The van der Waals surface area contributed by atoms with Gasteiger partial charge in [-0.2, -0.15) is 0 Å². The van der Waals surface area contributed by atoms with Crippen LogP contribution in [0.5, 0.6) is 0 Å². The monoisotopic (exact) mass is 336 g/mol. The minimum absolute atomic E-state index is 0.789. The highest BCUT2D eigenvalue weighted by Gasteiger charge is 2.14. The molecule has 0 bridgehead atoms. The summed E-state index contributed by atoms with van der Waals surface area (Å²) in [6, 6.07) is 20.6. The minimum atomic E-state index is 0.789. The van der Waals surface area contributed by atoms with E-state index < -0.39 is 0 Å². The standard InChI is InChI=1S/C26H24/c1-17-6-9-20-15-21-10-13-24-23(12-8-19-4-3-5-19)18(2)7-11-25(24)26(21)16-22(20)14-17/h6-16,19H,3-5H2,1-2H3/b12-8-. The maximum absolute atomic E-state index is 2.43. The van der Waals surface area contributed by atoms with Crippen LogP contribution >= 0.6 is 0 Å². The van der Waals surface area contributed by atoms with Gasteiger partial charge in [-0.25, -0.2) is 0 Å². The van der Waals surface area contributed by atoms with E-state index in [9.17, 15) is 0 Å². The minimum Gasteiger partial charge on any atom is -0.0808 e. The molecule has 1 saturated carbocycles. The molecule has 1 aliphatic rings. The van der Waals surface area contributed by atoms with Crippen LogP contribution < -0.4 is 0 Å². The number of allylic oxidation sites excluding steroid dienone is 1. The van der Waals surface area contributed by atoms with Crippen molar-refractivity contribution in [1.82, 2.24) is 0 Å². The highest BCUT2D eigenvalue weighted by Crippen LogP contribution is 2.34. The van der Waals surface area contributed by atoms with Crippen molar-refractivity contribution in [2.45, 2.75) is 33.1 Å². The van der Waals surface area contributed by atoms with Crippen molar-refractivity contribution in [2.75, 3.05) is 0 Å². The molecular weight excluding hydrogens is 312 g/mol. The van der Waals surface area contributed by atoms with Crippen LogP contribution in [0.2, 0.25) is 0 Å². The third-order valence-corrected chi connectivity index (χ3v) is 6.07. The number of aryl methyl sites for hydroxylation is 2. The van der Waals surface area contributed by atoms with Gasteiger partial charge in [0.2, 0.25) is 0 Å². The van der Waals surface area contributed by atoms with Crippen molar-refractivity contribution in [2.24, 2.45) is 5.92 Å². The van der Waals surface area contributed by atoms with Gasteiger partial charge in [-0.15, -0.1) is 0 Å². The normalized spacial score (nSPS) is 15.3. The van der Waals surface area contributed by atoms with Gasteiger partial charge in [0.05, 0.1) is 0 Å². The Kier molecular flexibility index (Phi) is 3.60. The van der Waals surface area contributed by atoms with Crippen LogP contribution in [0.25, 0.3) is 38.4 Å². The van der Waals surface area contributed by atoms with Gasteiger partial charge in [0.1, 0.15) is 0 Å². The molecule has 0 spiro atoms. The fraction of sp³-hybridized carbons (Fsp3) is 0.231. The van der Waals surface area contributed by atoms with E-state index >= 15 is 0 Å². The van der Waals surface area contributed by atoms with Gasteiger partial charge in [-0.05, 0) is 88.2 Å². The number of hydrogen-bond donors (Lipinski definition) is 0. The van der Waals surface area contributed by atoms with Crippen LogP contribution in [0.3, 0.4) is 0 Å². The first-order chi connectivity index (χ1) is 12.7. The zero-order chi connectivity index (χ0) is 17.7. The Bertz CT molecular complexity index is 1170. The van der Waals surface area contributed by atoms with Crippen molar-refractivity contribution in [1.29, 1.82) is 0 Å². The molecule has 4 aromatic carbocycles. The Morgan fingerprint density at radius 1 is 0.731 bits per heavy atom. The molecule has 0 heterocycles. The van der Waals surface area contributed by atoms with Crippen LogP contribution in [0.15, 0.2) is 60.7 Å². The van der Waals surface area contributed by atoms with E-state index in [1.165, 1.54) is 68.3 Å². The molecule has 26 heavy (non-hydrogen) atoms. The van der Waals surface area contributed by atoms with Gasteiger partial charge in [0.25, 0.3) is 0 Å². The third-order valence-electron chi connectivity index (χ3n) is 6.07. The quantitative estimate of drug-likeness (QED) is 0.261. The van der Waals surface area contributed by atoms with E-state index in [-0.39, 0.29) is 0 Å². The van der Waals surface area contributed by atoms with Gasteiger partial charge >= 0.3 is 0 Å². The third kappa shape index (κ3) is 2.52. The first kappa shape index (κ1) is 15.6. The first-order valence-corrected chi connectivity index (χ1v) is 9.74. The van der Waals surface area contributed by atoms with Gasteiger partial charge in [0.15, 0.2) is 0 Å². The second kappa shape index (κ2) is 5.99. The maximum Gasteiger partial charge on any atom is -0.00988 e.